The number of amides is 1. The van der Waals surface area contributed by atoms with Crippen LogP contribution >= 0.6 is 27.7 Å². The molecule has 0 atom stereocenters. The highest BCUT2D eigenvalue weighted by atomic mass is 79.9. The molecule has 0 aliphatic heterocycles. The van der Waals surface area contributed by atoms with E-state index in [1.54, 1.807) is 18.0 Å². The van der Waals surface area contributed by atoms with E-state index in [1.807, 2.05) is 42.5 Å². The van der Waals surface area contributed by atoms with Crippen molar-refractivity contribution in [2.75, 3.05) is 0 Å². The van der Waals surface area contributed by atoms with Gasteiger partial charge in [0.25, 0.3) is 5.91 Å². The monoisotopic (exact) mass is 545 g/mol. The van der Waals surface area contributed by atoms with Crippen molar-refractivity contribution in [3.8, 4) is 5.69 Å². The zero-order valence-corrected chi connectivity index (χ0v) is 22.7. The number of halogens is 1. The molecule has 0 aliphatic rings. The van der Waals surface area contributed by atoms with Crippen molar-refractivity contribution in [2.24, 2.45) is 5.10 Å². The van der Waals surface area contributed by atoms with Crippen molar-refractivity contribution >= 4 is 39.8 Å². The highest BCUT2D eigenvalue weighted by Crippen LogP contribution is 2.31. The molecule has 0 radical (unpaired) electrons. The van der Waals surface area contributed by atoms with Gasteiger partial charge in [0.2, 0.25) is 0 Å². The molecule has 1 aromatic heterocycles. The Morgan fingerprint density at radius 2 is 1.69 bits per heavy atom. The fourth-order valence-electron chi connectivity index (χ4n) is 3.95. The second-order valence-corrected chi connectivity index (χ2v) is 10.4. The van der Waals surface area contributed by atoms with Crippen molar-refractivity contribution < 1.29 is 4.79 Å². The van der Waals surface area contributed by atoms with Gasteiger partial charge in [-0.1, -0.05) is 42.5 Å². The van der Waals surface area contributed by atoms with Gasteiger partial charge in [-0.2, -0.15) is 5.10 Å². The Hall–Kier alpha value is -3.09. The third-order valence-corrected chi connectivity index (χ3v) is 8.03. The third kappa shape index (κ3) is 5.77. The molecule has 0 unspecified atom stereocenters. The highest BCUT2D eigenvalue weighted by Gasteiger charge is 2.17. The maximum atomic E-state index is 12.6. The van der Waals surface area contributed by atoms with Crippen LogP contribution in [0.4, 0.5) is 0 Å². The normalized spacial score (nSPS) is 11.2. The molecule has 0 bridgehead atoms. The van der Waals surface area contributed by atoms with Crippen LogP contribution in [0.15, 0.2) is 87.3 Å². The zero-order chi connectivity index (χ0) is 24.9. The summed E-state index contributed by atoms with van der Waals surface area (Å²) >= 11 is 5.49. The third-order valence-electron chi connectivity index (χ3n) is 5.94. The Morgan fingerprint density at radius 3 is 2.40 bits per heavy atom. The lowest BCUT2D eigenvalue weighted by Crippen LogP contribution is -2.17. The molecule has 4 nitrogen and oxygen atoms in total. The first-order valence-electron chi connectivity index (χ1n) is 11.4. The Bertz CT molecular complexity index is 1380. The minimum Gasteiger partial charge on any atom is -0.316 e. The van der Waals surface area contributed by atoms with Gasteiger partial charge >= 0.3 is 0 Å². The molecular weight excluding hydrogens is 518 g/mol. The fourth-order valence-corrected chi connectivity index (χ4v) is 5.39. The summed E-state index contributed by atoms with van der Waals surface area (Å²) in [5, 5.41) is 4.25. The summed E-state index contributed by atoms with van der Waals surface area (Å²) in [5.41, 5.74) is 11.1. The number of thioether (sulfide) groups is 1. The van der Waals surface area contributed by atoms with E-state index in [9.17, 15) is 4.79 Å². The number of aryl methyl sites for hydroxylation is 2. The number of nitrogens with one attached hydrogen (secondary N) is 1. The largest absolute Gasteiger partial charge is 0.316 e. The van der Waals surface area contributed by atoms with Crippen LogP contribution in [0.5, 0.6) is 0 Å². The van der Waals surface area contributed by atoms with Crippen molar-refractivity contribution in [1.29, 1.82) is 0 Å². The van der Waals surface area contributed by atoms with Crippen LogP contribution in [0.2, 0.25) is 0 Å². The summed E-state index contributed by atoms with van der Waals surface area (Å²) < 4.78 is 3.19. The number of hydrogen-bond donors (Lipinski definition) is 1. The first-order valence-corrected chi connectivity index (χ1v) is 13.2. The van der Waals surface area contributed by atoms with Crippen LogP contribution in [-0.4, -0.2) is 16.7 Å². The molecule has 178 valence electrons. The van der Waals surface area contributed by atoms with Crippen molar-refractivity contribution in [2.45, 2.75) is 38.3 Å². The SMILES string of the molecule is Cc1ccc(C)c(-n2c(C)c(Br)c(/C=N\NC(=O)c3ccc(CSc4ccccc4)cc3)c2C)c1. The van der Waals surface area contributed by atoms with E-state index in [0.29, 0.717) is 5.56 Å². The maximum absolute atomic E-state index is 12.6. The average molecular weight is 547 g/mol. The molecule has 4 aromatic rings. The minimum absolute atomic E-state index is 0.233. The second-order valence-electron chi connectivity index (χ2n) is 8.52. The fraction of sp³-hybridized carbons (Fsp3) is 0.172. The van der Waals surface area contributed by atoms with Gasteiger partial charge in [-0.25, -0.2) is 5.43 Å². The van der Waals surface area contributed by atoms with E-state index in [-0.39, 0.29) is 5.91 Å². The van der Waals surface area contributed by atoms with Gasteiger partial charge in [-0.15, -0.1) is 11.8 Å². The van der Waals surface area contributed by atoms with E-state index in [2.05, 4.69) is 89.1 Å². The molecule has 4 rings (SSSR count). The summed E-state index contributed by atoms with van der Waals surface area (Å²) in [4.78, 5) is 13.9. The number of nitrogens with zero attached hydrogens (tertiary/aromatic N) is 2. The average Bonchev–Trinajstić information content (AvgIpc) is 3.08. The number of hydrogen-bond acceptors (Lipinski definition) is 3. The van der Waals surface area contributed by atoms with Gasteiger partial charge in [-0.3, -0.25) is 4.79 Å². The minimum atomic E-state index is -0.233. The molecule has 3 aromatic carbocycles. The van der Waals surface area contributed by atoms with Crippen LogP contribution < -0.4 is 5.43 Å². The molecule has 0 saturated carbocycles. The predicted molar refractivity (Wildman–Crippen MR) is 150 cm³/mol. The summed E-state index contributed by atoms with van der Waals surface area (Å²) in [7, 11) is 0. The van der Waals surface area contributed by atoms with E-state index >= 15 is 0 Å². The molecular formula is C29H28BrN3OS. The number of hydrazone groups is 1. The smallest absolute Gasteiger partial charge is 0.271 e. The van der Waals surface area contributed by atoms with Gasteiger partial charge < -0.3 is 4.57 Å². The van der Waals surface area contributed by atoms with Crippen molar-refractivity contribution in [3.05, 3.63) is 116 Å². The van der Waals surface area contributed by atoms with Crippen LogP contribution in [0.1, 0.15) is 44.0 Å². The summed E-state index contributed by atoms with van der Waals surface area (Å²) in [5.74, 6) is 0.622. The number of carbonyl (C=O) groups is 1. The van der Waals surface area contributed by atoms with Crippen LogP contribution in [-0.2, 0) is 5.75 Å². The molecule has 1 amide bonds. The standard InChI is InChI=1S/C29H28BrN3OS/c1-19-10-11-20(2)27(16-19)33-21(3)26(28(30)22(33)4)17-31-32-29(34)24-14-12-23(13-15-24)18-35-25-8-6-5-7-9-25/h5-17H,18H2,1-4H3,(H,32,34)/b31-17-. The van der Waals surface area contributed by atoms with E-state index in [4.69, 9.17) is 0 Å². The van der Waals surface area contributed by atoms with Gasteiger partial charge in [0.1, 0.15) is 0 Å². The molecule has 35 heavy (non-hydrogen) atoms. The Morgan fingerprint density at radius 1 is 0.971 bits per heavy atom. The van der Waals surface area contributed by atoms with Gasteiger partial charge in [-0.05, 0) is 90.6 Å². The lowest BCUT2D eigenvalue weighted by molar-refractivity contribution is 0.0955. The summed E-state index contributed by atoms with van der Waals surface area (Å²) in [6, 6.07) is 24.4. The lowest BCUT2D eigenvalue weighted by Gasteiger charge is -2.13. The molecule has 0 aliphatic carbocycles. The number of benzene rings is 3. The van der Waals surface area contributed by atoms with E-state index in [1.165, 1.54) is 21.6 Å². The zero-order valence-electron chi connectivity index (χ0n) is 20.3. The molecule has 0 spiro atoms. The van der Waals surface area contributed by atoms with Crippen molar-refractivity contribution in [3.63, 3.8) is 0 Å². The molecule has 1 heterocycles. The topological polar surface area (TPSA) is 46.4 Å². The lowest BCUT2D eigenvalue weighted by atomic mass is 10.1. The first-order chi connectivity index (χ1) is 16.8. The van der Waals surface area contributed by atoms with Gasteiger partial charge in [0.05, 0.1) is 6.21 Å². The summed E-state index contributed by atoms with van der Waals surface area (Å²) in [6.07, 6.45) is 1.71. The van der Waals surface area contributed by atoms with Crippen LogP contribution in [0.25, 0.3) is 5.69 Å². The Kier molecular flexibility index (Phi) is 7.93. The van der Waals surface area contributed by atoms with Crippen LogP contribution in [0.3, 0.4) is 0 Å². The Balaban J connectivity index is 1.44. The van der Waals surface area contributed by atoms with E-state index < -0.39 is 0 Å². The van der Waals surface area contributed by atoms with Gasteiger partial charge in [0, 0.05) is 43.3 Å². The van der Waals surface area contributed by atoms with Gasteiger partial charge in [0.15, 0.2) is 0 Å². The van der Waals surface area contributed by atoms with Crippen molar-refractivity contribution in [1.82, 2.24) is 9.99 Å². The molecule has 0 fully saturated rings. The first kappa shape index (κ1) is 25.0. The number of rotatable bonds is 7. The second kappa shape index (κ2) is 11.1. The maximum Gasteiger partial charge on any atom is 0.271 e. The van der Waals surface area contributed by atoms with E-state index in [0.717, 1.165) is 32.9 Å². The molecule has 6 heteroatoms. The van der Waals surface area contributed by atoms with Crippen LogP contribution in [0, 0.1) is 27.7 Å². The molecule has 0 saturated heterocycles. The quantitative estimate of drug-likeness (QED) is 0.148. The molecule has 1 N–H and O–H groups in total. The number of carbonyl (C=O) groups excluding carboxylic acids is 1. The summed E-state index contributed by atoms with van der Waals surface area (Å²) in [6.45, 7) is 8.35. The predicted octanol–water partition coefficient (Wildman–Crippen LogP) is 7.53. The number of aromatic nitrogens is 1. The highest BCUT2D eigenvalue weighted by molar-refractivity contribution is 9.10. The Labute approximate surface area is 219 Å².